The summed E-state index contributed by atoms with van der Waals surface area (Å²) in [5, 5.41) is 18.5. The van der Waals surface area contributed by atoms with Crippen molar-refractivity contribution in [1.82, 2.24) is 15.1 Å². The van der Waals surface area contributed by atoms with Crippen molar-refractivity contribution in [2.24, 2.45) is 7.05 Å². The molecular weight excluding hydrogens is 262 g/mol. The Balaban J connectivity index is 2.12. The lowest BCUT2D eigenvalue weighted by Crippen LogP contribution is -2.27. The van der Waals surface area contributed by atoms with E-state index in [1.54, 1.807) is 22.2 Å². The molecule has 2 aromatic rings. The van der Waals surface area contributed by atoms with E-state index >= 15 is 0 Å². The Kier molecular flexibility index (Phi) is 4.34. The minimum Gasteiger partial charge on any atom is -0.481 e. The molecule has 0 aliphatic rings. The van der Waals surface area contributed by atoms with Crippen molar-refractivity contribution in [3.63, 3.8) is 0 Å². The molecule has 0 saturated heterocycles. The summed E-state index contributed by atoms with van der Waals surface area (Å²) in [6.07, 6.45) is 1.81. The quantitative estimate of drug-likeness (QED) is 0.851. The molecule has 19 heavy (non-hydrogen) atoms. The summed E-state index contributed by atoms with van der Waals surface area (Å²) < 4.78 is 1.80. The van der Waals surface area contributed by atoms with Crippen molar-refractivity contribution in [1.29, 1.82) is 0 Å². The number of aliphatic carboxylic acids is 1. The summed E-state index contributed by atoms with van der Waals surface area (Å²) >= 11 is 1.57. The number of carbonyl (C=O) groups is 1. The Morgan fingerprint density at radius 2 is 2.37 bits per heavy atom. The summed E-state index contributed by atoms with van der Waals surface area (Å²) in [5.41, 5.74) is 1.03. The SMILES string of the molecule is CC(NC(CC(=O)O)c1cccs1)c1ccnn1C. The summed E-state index contributed by atoms with van der Waals surface area (Å²) in [7, 11) is 1.88. The maximum atomic E-state index is 11.0. The molecule has 0 radical (unpaired) electrons. The van der Waals surface area contributed by atoms with Gasteiger partial charge in [-0.25, -0.2) is 0 Å². The fourth-order valence-corrected chi connectivity index (χ4v) is 2.89. The van der Waals surface area contributed by atoms with Gasteiger partial charge in [-0.2, -0.15) is 5.10 Å². The maximum absolute atomic E-state index is 11.0. The number of carboxylic acids is 1. The molecule has 0 spiro atoms. The van der Waals surface area contributed by atoms with Crippen LogP contribution in [-0.2, 0) is 11.8 Å². The second-order valence-electron chi connectivity index (χ2n) is 4.43. The molecule has 2 rings (SSSR count). The number of nitrogens with one attached hydrogen (secondary N) is 1. The molecule has 0 saturated carbocycles. The van der Waals surface area contributed by atoms with Gasteiger partial charge in [0, 0.05) is 24.2 Å². The van der Waals surface area contributed by atoms with Gasteiger partial charge in [-0.15, -0.1) is 11.3 Å². The van der Waals surface area contributed by atoms with Crippen LogP contribution < -0.4 is 5.32 Å². The molecule has 0 amide bonds. The molecule has 0 fully saturated rings. The van der Waals surface area contributed by atoms with E-state index in [1.807, 2.05) is 37.6 Å². The molecular formula is C13H17N3O2S. The van der Waals surface area contributed by atoms with Gasteiger partial charge in [0.25, 0.3) is 0 Å². The number of rotatable bonds is 6. The molecule has 0 bridgehead atoms. The summed E-state index contributed by atoms with van der Waals surface area (Å²) in [4.78, 5) is 12.0. The van der Waals surface area contributed by atoms with Gasteiger partial charge in [0.05, 0.1) is 18.2 Å². The first-order valence-corrected chi connectivity index (χ1v) is 6.95. The largest absolute Gasteiger partial charge is 0.481 e. The first-order valence-electron chi connectivity index (χ1n) is 6.07. The molecule has 2 unspecified atom stereocenters. The molecule has 102 valence electrons. The number of carboxylic acid groups (broad SMARTS) is 1. The molecule has 2 aromatic heterocycles. The molecule has 2 N–H and O–H groups in total. The second-order valence-corrected chi connectivity index (χ2v) is 5.41. The van der Waals surface area contributed by atoms with Crippen molar-refractivity contribution in [3.05, 3.63) is 40.3 Å². The smallest absolute Gasteiger partial charge is 0.305 e. The van der Waals surface area contributed by atoms with Crippen LogP contribution in [0.4, 0.5) is 0 Å². The third-order valence-electron chi connectivity index (χ3n) is 3.02. The van der Waals surface area contributed by atoms with Crippen LogP contribution in [0.3, 0.4) is 0 Å². The van der Waals surface area contributed by atoms with Gasteiger partial charge in [-0.3, -0.25) is 9.48 Å². The van der Waals surface area contributed by atoms with Crippen molar-refractivity contribution in [3.8, 4) is 0 Å². The van der Waals surface area contributed by atoms with Crippen LogP contribution in [-0.4, -0.2) is 20.9 Å². The highest BCUT2D eigenvalue weighted by Crippen LogP contribution is 2.25. The van der Waals surface area contributed by atoms with E-state index in [9.17, 15) is 4.79 Å². The molecule has 5 nitrogen and oxygen atoms in total. The van der Waals surface area contributed by atoms with E-state index in [0.29, 0.717) is 0 Å². The Morgan fingerprint density at radius 1 is 1.58 bits per heavy atom. The minimum atomic E-state index is -0.803. The number of nitrogens with zero attached hydrogens (tertiary/aromatic N) is 2. The van der Waals surface area contributed by atoms with E-state index in [1.165, 1.54) is 0 Å². The Morgan fingerprint density at radius 3 is 2.89 bits per heavy atom. The standard InChI is InChI=1S/C13H17N3O2S/c1-9(11-5-6-14-16(11)2)15-10(8-13(17)18)12-4-3-7-19-12/h3-7,9-10,15H,8H2,1-2H3,(H,17,18). The van der Waals surface area contributed by atoms with E-state index < -0.39 is 5.97 Å². The van der Waals surface area contributed by atoms with Crippen LogP contribution in [0.25, 0.3) is 0 Å². The topological polar surface area (TPSA) is 67.2 Å². The Hall–Kier alpha value is -1.66. The third-order valence-corrected chi connectivity index (χ3v) is 4.01. The predicted molar refractivity (Wildman–Crippen MR) is 74.1 cm³/mol. The van der Waals surface area contributed by atoms with Crippen molar-refractivity contribution < 1.29 is 9.90 Å². The van der Waals surface area contributed by atoms with Crippen LogP contribution in [0.15, 0.2) is 29.8 Å². The van der Waals surface area contributed by atoms with E-state index in [4.69, 9.17) is 5.11 Å². The second kappa shape index (κ2) is 5.99. The number of aryl methyl sites for hydroxylation is 1. The zero-order valence-electron chi connectivity index (χ0n) is 10.9. The first-order chi connectivity index (χ1) is 9.08. The number of aromatic nitrogens is 2. The van der Waals surface area contributed by atoms with Crippen LogP contribution >= 0.6 is 11.3 Å². The fraction of sp³-hybridized carbons (Fsp3) is 0.385. The minimum absolute atomic E-state index is 0.0407. The van der Waals surface area contributed by atoms with Gasteiger partial charge in [0.2, 0.25) is 0 Å². The van der Waals surface area contributed by atoms with Gasteiger partial charge < -0.3 is 10.4 Å². The highest BCUT2D eigenvalue weighted by molar-refractivity contribution is 7.10. The van der Waals surface area contributed by atoms with Crippen LogP contribution in [0.5, 0.6) is 0 Å². The summed E-state index contributed by atoms with van der Waals surface area (Å²) in [6.45, 7) is 2.01. The molecule has 0 aliphatic heterocycles. The lowest BCUT2D eigenvalue weighted by Gasteiger charge is -2.21. The number of hydrogen-bond acceptors (Lipinski definition) is 4. The zero-order valence-corrected chi connectivity index (χ0v) is 11.7. The molecule has 0 aromatic carbocycles. The van der Waals surface area contributed by atoms with E-state index in [0.717, 1.165) is 10.6 Å². The average Bonchev–Trinajstić information content (AvgIpc) is 2.97. The lowest BCUT2D eigenvalue weighted by atomic mass is 10.1. The van der Waals surface area contributed by atoms with Crippen LogP contribution in [0, 0.1) is 0 Å². The number of hydrogen-bond donors (Lipinski definition) is 2. The highest BCUT2D eigenvalue weighted by Gasteiger charge is 2.20. The van der Waals surface area contributed by atoms with Gasteiger partial charge >= 0.3 is 5.97 Å². The van der Waals surface area contributed by atoms with Gasteiger partial charge in [-0.05, 0) is 24.4 Å². The number of thiophene rings is 1. The lowest BCUT2D eigenvalue weighted by molar-refractivity contribution is -0.137. The van der Waals surface area contributed by atoms with E-state index in [2.05, 4.69) is 10.4 Å². The first kappa shape index (κ1) is 13.8. The molecule has 2 atom stereocenters. The molecule has 6 heteroatoms. The Bertz CT molecular complexity index is 536. The van der Waals surface area contributed by atoms with Crippen LogP contribution in [0.1, 0.15) is 36.0 Å². The van der Waals surface area contributed by atoms with Crippen molar-refractivity contribution >= 4 is 17.3 Å². The highest BCUT2D eigenvalue weighted by atomic mass is 32.1. The van der Waals surface area contributed by atoms with Crippen molar-refractivity contribution in [2.75, 3.05) is 0 Å². The van der Waals surface area contributed by atoms with E-state index in [-0.39, 0.29) is 18.5 Å². The van der Waals surface area contributed by atoms with Crippen molar-refractivity contribution in [2.45, 2.75) is 25.4 Å². The van der Waals surface area contributed by atoms with Gasteiger partial charge in [-0.1, -0.05) is 6.07 Å². The molecule has 0 aliphatic carbocycles. The zero-order chi connectivity index (χ0) is 13.8. The van der Waals surface area contributed by atoms with Crippen LogP contribution in [0.2, 0.25) is 0 Å². The summed E-state index contributed by atoms with van der Waals surface area (Å²) in [5.74, 6) is -0.803. The maximum Gasteiger partial charge on any atom is 0.305 e. The third kappa shape index (κ3) is 3.42. The summed E-state index contributed by atoms with van der Waals surface area (Å²) in [6, 6.07) is 5.69. The van der Waals surface area contributed by atoms with Gasteiger partial charge in [0.15, 0.2) is 0 Å². The van der Waals surface area contributed by atoms with Gasteiger partial charge in [0.1, 0.15) is 0 Å². The fourth-order valence-electron chi connectivity index (χ4n) is 2.10. The normalized spacial score (nSPS) is 14.2. The predicted octanol–water partition coefficient (Wildman–Crippen LogP) is 2.35. The Labute approximate surface area is 115 Å². The molecule has 2 heterocycles. The average molecular weight is 279 g/mol. The monoisotopic (exact) mass is 279 g/mol.